The second kappa shape index (κ2) is 6.86. The first kappa shape index (κ1) is 17.5. The molecule has 1 aromatic carbocycles. The molecule has 0 saturated carbocycles. The van der Waals surface area contributed by atoms with Crippen LogP contribution in [0.25, 0.3) is 0 Å². The van der Waals surface area contributed by atoms with E-state index in [1.165, 1.54) is 0 Å². The van der Waals surface area contributed by atoms with Gasteiger partial charge in [-0.3, -0.25) is 9.59 Å². The van der Waals surface area contributed by atoms with Crippen molar-refractivity contribution < 1.29 is 19.1 Å². The van der Waals surface area contributed by atoms with Crippen molar-refractivity contribution in [3.8, 4) is 0 Å². The number of carbonyl (C=O) groups is 3. The number of nitrogens with zero attached hydrogens (tertiary/aromatic N) is 1. The molecule has 6 nitrogen and oxygen atoms in total. The smallest absolute Gasteiger partial charge is 0.332 e. The third-order valence-electron chi connectivity index (χ3n) is 5.10. The molecule has 1 fully saturated rings. The number of benzene rings is 1. The summed E-state index contributed by atoms with van der Waals surface area (Å²) in [6.45, 7) is 4.92. The first-order valence-corrected chi connectivity index (χ1v) is 8.83. The summed E-state index contributed by atoms with van der Waals surface area (Å²) in [5.74, 6) is -1.08. The average molecular weight is 344 g/mol. The number of esters is 1. The number of nitrogens with one attached hydrogen (secondary N) is 1. The Morgan fingerprint density at radius 2 is 1.88 bits per heavy atom. The first-order chi connectivity index (χ1) is 12.0. The van der Waals surface area contributed by atoms with E-state index in [-0.39, 0.29) is 24.8 Å². The van der Waals surface area contributed by atoms with Crippen molar-refractivity contribution in [2.75, 3.05) is 19.7 Å². The number of amides is 2. The van der Waals surface area contributed by atoms with Crippen LogP contribution in [0.4, 0.5) is 0 Å². The maximum absolute atomic E-state index is 12.8. The van der Waals surface area contributed by atoms with E-state index in [9.17, 15) is 14.4 Å². The minimum absolute atomic E-state index is 0.0115. The zero-order chi connectivity index (χ0) is 18.0. The summed E-state index contributed by atoms with van der Waals surface area (Å²) in [7, 11) is 0. The summed E-state index contributed by atoms with van der Waals surface area (Å²) in [6, 6.07) is 7.80. The molecule has 1 heterocycles. The fraction of sp³-hybridized carbons (Fsp3) is 0.526. The summed E-state index contributed by atoms with van der Waals surface area (Å²) >= 11 is 0. The Balaban J connectivity index is 1.79. The molecule has 6 heteroatoms. The first-order valence-electron chi connectivity index (χ1n) is 8.83. The van der Waals surface area contributed by atoms with Crippen LogP contribution < -0.4 is 5.32 Å². The van der Waals surface area contributed by atoms with Crippen molar-refractivity contribution in [3.05, 3.63) is 35.4 Å². The molecule has 0 bridgehead atoms. The summed E-state index contributed by atoms with van der Waals surface area (Å²) in [4.78, 5) is 39.0. The molecule has 0 unspecified atom stereocenters. The Kier molecular flexibility index (Phi) is 4.79. The minimum Gasteiger partial charge on any atom is -0.464 e. The lowest BCUT2D eigenvalue weighted by molar-refractivity contribution is -0.153. The molecule has 1 atom stereocenters. The van der Waals surface area contributed by atoms with Gasteiger partial charge in [0, 0.05) is 32.4 Å². The normalized spacial score (nSPS) is 21.1. The van der Waals surface area contributed by atoms with E-state index in [1.54, 1.807) is 11.8 Å². The number of rotatable bonds is 5. The Bertz CT molecular complexity index is 675. The van der Waals surface area contributed by atoms with Crippen LogP contribution in [0.5, 0.6) is 0 Å². The number of hydrogen-bond donors (Lipinski definition) is 1. The molecule has 0 spiro atoms. The molecule has 2 amide bonds. The van der Waals surface area contributed by atoms with Gasteiger partial charge in [-0.15, -0.1) is 0 Å². The van der Waals surface area contributed by atoms with E-state index in [1.807, 2.05) is 31.2 Å². The second-order valence-electron chi connectivity index (χ2n) is 6.75. The lowest BCUT2D eigenvalue weighted by Gasteiger charge is -2.29. The second-order valence-corrected chi connectivity index (χ2v) is 6.75. The molecule has 1 saturated heterocycles. The van der Waals surface area contributed by atoms with Gasteiger partial charge >= 0.3 is 5.97 Å². The molecule has 1 aliphatic heterocycles. The van der Waals surface area contributed by atoms with E-state index in [0.717, 1.165) is 11.1 Å². The summed E-state index contributed by atoms with van der Waals surface area (Å²) in [5, 5.41) is 2.94. The molecule has 0 aromatic heterocycles. The Labute approximate surface area is 147 Å². The van der Waals surface area contributed by atoms with E-state index in [2.05, 4.69) is 5.32 Å². The van der Waals surface area contributed by atoms with Gasteiger partial charge < -0.3 is 15.0 Å². The molecule has 0 radical (unpaired) electrons. The summed E-state index contributed by atoms with van der Waals surface area (Å²) in [5.41, 5.74) is 1.03. The van der Waals surface area contributed by atoms with E-state index >= 15 is 0 Å². The molecule has 134 valence electrons. The highest BCUT2D eigenvalue weighted by molar-refractivity contribution is 5.94. The van der Waals surface area contributed by atoms with Crippen molar-refractivity contribution in [1.29, 1.82) is 0 Å². The summed E-state index contributed by atoms with van der Waals surface area (Å²) in [6.07, 6.45) is 1.04. The SMILES string of the molecule is CCOC(=O)C1(NC(=O)[C@H]2CC(=O)N(CC)C2)Cc2ccccc2C1. The summed E-state index contributed by atoms with van der Waals surface area (Å²) < 4.78 is 5.26. The van der Waals surface area contributed by atoms with Crippen LogP contribution in [0.1, 0.15) is 31.4 Å². The number of ether oxygens (including phenoxy) is 1. The molecule has 2 aliphatic rings. The molecule has 1 aliphatic carbocycles. The Morgan fingerprint density at radius 1 is 1.24 bits per heavy atom. The monoisotopic (exact) mass is 344 g/mol. The highest BCUT2D eigenvalue weighted by Crippen LogP contribution is 2.32. The van der Waals surface area contributed by atoms with Gasteiger partial charge in [-0.1, -0.05) is 24.3 Å². The lowest BCUT2D eigenvalue weighted by atomic mass is 9.94. The van der Waals surface area contributed by atoms with Crippen LogP contribution >= 0.6 is 0 Å². The number of hydrogen-bond acceptors (Lipinski definition) is 4. The van der Waals surface area contributed by atoms with Crippen molar-refractivity contribution in [3.63, 3.8) is 0 Å². The van der Waals surface area contributed by atoms with Crippen LogP contribution in [0.3, 0.4) is 0 Å². The average Bonchev–Trinajstić information content (AvgIpc) is 3.15. The lowest BCUT2D eigenvalue weighted by Crippen LogP contribution is -2.57. The van der Waals surface area contributed by atoms with Crippen LogP contribution in [0.15, 0.2) is 24.3 Å². The van der Waals surface area contributed by atoms with Gasteiger partial charge in [0.15, 0.2) is 0 Å². The predicted molar refractivity (Wildman–Crippen MR) is 91.7 cm³/mol. The molecule has 3 rings (SSSR count). The Hall–Kier alpha value is -2.37. The molecular weight excluding hydrogens is 320 g/mol. The van der Waals surface area contributed by atoms with Crippen LogP contribution in [-0.2, 0) is 32.0 Å². The minimum atomic E-state index is -1.07. The molecule has 1 aromatic rings. The van der Waals surface area contributed by atoms with E-state index < -0.39 is 17.4 Å². The van der Waals surface area contributed by atoms with Gasteiger partial charge in [-0.05, 0) is 25.0 Å². The Morgan fingerprint density at radius 3 is 2.40 bits per heavy atom. The third kappa shape index (κ3) is 3.25. The highest BCUT2D eigenvalue weighted by atomic mass is 16.5. The predicted octanol–water partition coefficient (Wildman–Crippen LogP) is 1.07. The number of carbonyl (C=O) groups excluding carboxylic acids is 3. The van der Waals surface area contributed by atoms with Crippen molar-refractivity contribution >= 4 is 17.8 Å². The van der Waals surface area contributed by atoms with E-state index in [4.69, 9.17) is 4.74 Å². The maximum atomic E-state index is 12.8. The van der Waals surface area contributed by atoms with Gasteiger partial charge in [-0.25, -0.2) is 4.79 Å². The third-order valence-corrected chi connectivity index (χ3v) is 5.10. The fourth-order valence-electron chi connectivity index (χ4n) is 3.76. The molecular formula is C19H24N2O4. The highest BCUT2D eigenvalue weighted by Gasteiger charge is 2.48. The number of fused-ring (bicyclic) bond motifs is 1. The van der Waals surface area contributed by atoms with Gasteiger partial charge in [0.2, 0.25) is 11.8 Å². The number of likely N-dealkylation sites (tertiary alicyclic amines) is 1. The molecule has 25 heavy (non-hydrogen) atoms. The van der Waals surface area contributed by atoms with Crippen molar-refractivity contribution in [2.24, 2.45) is 5.92 Å². The van der Waals surface area contributed by atoms with Gasteiger partial charge in [-0.2, -0.15) is 0 Å². The topological polar surface area (TPSA) is 75.7 Å². The zero-order valence-electron chi connectivity index (χ0n) is 14.7. The van der Waals surface area contributed by atoms with E-state index in [0.29, 0.717) is 25.9 Å². The zero-order valence-corrected chi connectivity index (χ0v) is 14.7. The van der Waals surface area contributed by atoms with Crippen LogP contribution in [0.2, 0.25) is 0 Å². The van der Waals surface area contributed by atoms with Gasteiger partial charge in [0.25, 0.3) is 0 Å². The van der Waals surface area contributed by atoms with Crippen LogP contribution in [-0.4, -0.2) is 47.9 Å². The maximum Gasteiger partial charge on any atom is 0.332 e. The molecule has 1 N–H and O–H groups in total. The van der Waals surface area contributed by atoms with Gasteiger partial charge in [0.1, 0.15) is 5.54 Å². The van der Waals surface area contributed by atoms with Crippen molar-refractivity contribution in [2.45, 2.75) is 38.6 Å². The van der Waals surface area contributed by atoms with Gasteiger partial charge in [0.05, 0.1) is 12.5 Å². The largest absolute Gasteiger partial charge is 0.464 e. The van der Waals surface area contributed by atoms with Crippen LogP contribution in [0, 0.1) is 5.92 Å². The quantitative estimate of drug-likeness (QED) is 0.811. The van der Waals surface area contributed by atoms with Crippen molar-refractivity contribution in [1.82, 2.24) is 10.2 Å². The standard InChI is InChI=1S/C19H24N2O4/c1-3-21-12-15(9-16(21)22)17(23)20-19(18(24)25-4-2)10-13-7-5-6-8-14(13)11-19/h5-8,15H,3-4,9-12H2,1-2H3,(H,20,23)/t15-/m0/s1. The fourth-order valence-corrected chi connectivity index (χ4v) is 3.76.